The molecule has 0 aliphatic carbocycles. The maximum atomic E-state index is 10.7. The molecule has 82 valence electrons. The molecule has 0 amide bonds. The van der Waals surface area contributed by atoms with Crippen molar-refractivity contribution in [2.45, 2.75) is 32.2 Å². The zero-order valence-electron chi connectivity index (χ0n) is 8.99. The fraction of sp³-hybridized carbons (Fsp3) is 0.545. The molecule has 1 aromatic rings. The lowest BCUT2D eigenvalue weighted by molar-refractivity contribution is 0.0663. The van der Waals surface area contributed by atoms with Gasteiger partial charge in [-0.1, -0.05) is 0 Å². The van der Waals surface area contributed by atoms with Crippen LogP contribution >= 0.6 is 0 Å². The Kier molecular flexibility index (Phi) is 2.21. The topological polar surface area (TPSA) is 53.7 Å². The first-order chi connectivity index (χ1) is 7.00. The van der Waals surface area contributed by atoms with Gasteiger partial charge in [-0.3, -0.25) is 0 Å². The minimum absolute atomic E-state index is 0.00713. The van der Waals surface area contributed by atoms with Crippen LogP contribution in [0.3, 0.4) is 0 Å². The van der Waals surface area contributed by atoms with Crippen molar-refractivity contribution in [3.8, 4) is 0 Å². The third-order valence-corrected chi connectivity index (χ3v) is 2.97. The first-order valence-electron chi connectivity index (χ1n) is 5.11. The summed E-state index contributed by atoms with van der Waals surface area (Å²) in [5.74, 6) is -0.346. The van der Waals surface area contributed by atoms with Crippen LogP contribution in [0.1, 0.15) is 37.2 Å². The Morgan fingerprint density at radius 3 is 2.73 bits per heavy atom. The van der Waals surface area contributed by atoms with Crippen molar-refractivity contribution >= 4 is 11.9 Å². The van der Waals surface area contributed by atoms with Gasteiger partial charge in [-0.15, -0.1) is 0 Å². The molecular formula is C11H15NO3. The van der Waals surface area contributed by atoms with Crippen molar-refractivity contribution in [2.24, 2.45) is 0 Å². The van der Waals surface area contributed by atoms with E-state index in [-0.39, 0.29) is 11.3 Å². The van der Waals surface area contributed by atoms with Gasteiger partial charge in [0.1, 0.15) is 0 Å². The fourth-order valence-electron chi connectivity index (χ4n) is 2.10. The number of nitrogens with zero attached hydrogens (tertiary/aromatic N) is 1. The van der Waals surface area contributed by atoms with Crippen LogP contribution in [0, 0.1) is 0 Å². The molecule has 0 radical (unpaired) electrons. The Hall–Kier alpha value is -1.45. The quantitative estimate of drug-likeness (QED) is 0.812. The van der Waals surface area contributed by atoms with Crippen molar-refractivity contribution in [3.63, 3.8) is 0 Å². The van der Waals surface area contributed by atoms with Crippen LogP contribution in [0.5, 0.6) is 0 Å². The van der Waals surface area contributed by atoms with Gasteiger partial charge in [0.05, 0.1) is 0 Å². The number of hydrogen-bond acceptors (Lipinski definition) is 3. The first-order valence-corrected chi connectivity index (χ1v) is 5.11. The van der Waals surface area contributed by atoms with Crippen LogP contribution in [-0.4, -0.2) is 23.2 Å². The van der Waals surface area contributed by atoms with Crippen LogP contribution in [0.4, 0.5) is 5.88 Å². The molecule has 1 aliphatic rings. The van der Waals surface area contributed by atoms with Gasteiger partial charge in [0, 0.05) is 18.2 Å². The number of furan rings is 1. The number of aromatic carboxylic acids is 1. The Morgan fingerprint density at radius 1 is 1.53 bits per heavy atom. The number of rotatable bonds is 2. The summed E-state index contributed by atoms with van der Waals surface area (Å²) in [6.07, 6.45) is 2.23. The number of carboxylic acid groups (broad SMARTS) is 1. The predicted molar refractivity (Wildman–Crippen MR) is 56.3 cm³/mol. The third-order valence-electron chi connectivity index (χ3n) is 2.97. The average molecular weight is 209 g/mol. The van der Waals surface area contributed by atoms with E-state index in [0.717, 1.165) is 19.4 Å². The van der Waals surface area contributed by atoms with E-state index in [4.69, 9.17) is 9.52 Å². The second-order valence-electron chi connectivity index (χ2n) is 4.51. The third kappa shape index (κ3) is 1.71. The minimum atomic E-state index is -1.02. The zero-order chi connectivity index (χ0) is 11.1. The highest BCUT2D eigenvalue weighted by atomic mass is 16.4. The molecule has 1 fully saturated rings. The molecule has 4 nitrogen and oxygen atoms in total. The lowest BCUT2D eigenvalue weighted by Gasteiger charge is -2.31. The molecule has 1 N–H and O–H groups in total. The molecule has 0 unspecified atom stereocenters. The van der Waals surface area contributed by atoms with E-state index in [1.165, 1.54) is 6.07 Å². The summed E-state index contributed by atoms with van der Waals surface area (Å²) in [5, 5.41) is 8.76. The van der Waals surface area contributed by atoms with Crippen LogP contribution in [0.15, 0.2) is 16.5 Å². The summed E-state index contributed by atoms with van der Waals surface area (Å²) >= 11 is 0. The first kappa shape index (κ1) is 10.1. The monoisotopic (exact) mass is 209 g/mol. The molecule has 2 heterocycles. The molecule has 0 saturated carbocycles. The Bertz CT molecular complexity index is 381. The van der Waals surface area contributed by atoms with Crippen molar-refractivity contribution in [1.82, 2.24) is 0 Å². The Balaban J connectivity index is 2.26. The Labute approximate surface area is 88.5 Å². The highest BCUT2D eigenvalue weighted by molar-refractivity contribution is 5.84. The summed E-state index contributed by atoms with van der Waals surface area (Å²) in [4.78, 5) is 12.8. The maximum absolute atomic E-state index is 10.7. The highest BCUT2D eigenvalue weighted by Gasteiger charge is 2.33. The lowest BCUT2D eigenvalue weighted by Crippen LogP contribution is -2.37. The molecule has 15 heavy (non-hydrogen) atoms. The summed E-state index contributed by atoms with van der Waals surface area (Å²) in [6.45, 7) is 5.21. The van der Waals surface area contributed by atoms with E-state index in [0.29, 0.717) is 5.88 Å². The molecule has 4 heteroatoms. The van der Waals surface area contributed by atoms with Gasteiger partial charge in [-0.05, 0) is 32.8 Å². The van der Waals surface area contributed by atoms with E-state index in [1.54, 1.807) is 6.07 Å². The SMILES string of the molecule is CC1(C)CCCN1c1ccc(C(=O)O)o1. The summed E-state index contributed by atoms with van der Waals surface area (Å²) in [7, 11) is 0. The second-order valence-corrected chi connectivity index (χ2v) is 4.51. The number of hydrogen-bond donors (Lipinski definition) is 1. The van der Waals surface area contributed by atoms with Crippen molar-refractivity contribution in [2.75, 3.05) is 11.4 Å². The molecule has 1 aliphatic heterocycles. The van der Waals surface area contributed by atoms with Gasteiger partial charge >= 0.3 is 5.97 Å². The van der Waals surface area contributed by atoms with Gasteiger partial charge in [0.15, 0.2) is 5.88 Å². The molecule has 0 aromatic carbocycles. The van der Waals surface area contributed by atoms with Gasteiger partial charge in [0.25, 0.3) is 0 Å². The van der Waals surface area contributed by atoms with Crippen LogP contribution in [0.25, 0.3) is 0 Å². The van der Waals surface area contributed by atoms with Crippen LogP contribution in [-0.2, 0) is 0 Å². The van der Waals surface area contributed by atoms with Gasteiger partial charge in [0.2, 0.25) is 5.76 Å². The number of anilines is 1. The van der Waals surface area contributed by atoms with Gasteiger partial charge in [-0.2, -0.15) is 0 Å². The van der Waals surface area contributed by atoms with Crippen LogP contribution < -0.4 is 4.90 Å². The molecule has 1 saturated heterocycles. The fourth-order valence-corrected chi connectivity index (χ4v) is 2.10. The van der Waals surface area contributed by atoms with E-state index in [2.05, 4.69) is 18.7 Å². The van der Waals surface area contributed by atoms with Crippen molar-refractivity contribution in [1.29, 1.82) is 0 Å². The maximum Gasteiger partial charge on any atom is 0.371 e. The van der Waals surface area contributed by atoms with Gasteiger partial charge < -0.3 is 14.4 Å². The van der Waals surface area contributed by atoms with Crippen LogP contribution in [0.2, 0.25) is 0 Å². The predicted octanol–water partition coefficient (Wildman–Crippen LogP) is 2.36. The standard InChI is InChI=1S/C11H15NO3/c1-11(2)6-3-7-12(11)9-5-4-8(15-9)10(13)14/h4-5H,3,6-7H2,1-2H3,(H,13,14). The van der Waals surface area contributed by atoms with E-state index < -0.39 is 5.97 Å². The van der Waals surface area contributed by atoms with E-state index >= 15 is 0 Å². The number of carboxylic acids is 1. The summed E-state index contributed by atoms with van der Waals surface area (Å²) in [6, 6.07) is 3.24. The molecular weight excluding hydrogens is 194 g/mol. The average Bonchev–Trinajstić information content (AvgIpc) is 2.69. The molecule has 1 aromatic heterocycles. The largest absolute Gasteiger partial charge is 0.475 e. The zero-order valence-corrected chi connectivity index (χ0v) is 8.99. The minimum Gasteiger partial charge on any atom is -0.475 e. The molecule has 2 rings (SSSR count). The smallest absolute Gasteiger partial charge is 0.371 e. The van der Waals surface area contributed by atoms with Crippen molar-refractivity contribution in [3.05, 3.63) is 17.9 Å². The van der Waals surface area contributed by atoms with E-state index in [9.17, 15) is 4.79 Å². The lowest BCUT2D eigenvalue weighted by atomic mass is 10.0. The second kappa shape index (κ2) is 3.29. The molecule has 0 bridgehead atoms. The summed E-state index contributed by atoms with van der Waals surface area (Å²) in [5.41, 5.74) is 0.0631. The van der Waals surface area contributed by atoms with E-state index in [1.807, 2.05) is 0 Å². The highest BCUT2D eigenvalue weighted by Crippen LogP contribution is 2.34. The van der Waals surface area contributed by atoms with Gasteiger partial charge in [-0.25, -0.2) is 4.79 Å². The normalized spacial score (nSPS) is 19.5. The Morgan fingerprint density at radius 2 is 2.27 bits per heavy atom. The summed E-state index contributed by atoms with van der Waals surface area (Å²) < 4.78 is 5.29. The molecule has 0 spiro atoms. The number of carbonyl (C=O) groups is 1. The molecule has 0 atom stereocenters. The van der Waals surface area contributed by atoms with Crippen molar-refractivity contribution < 1.29 is 14.3 Å².